The Bertz CT molecular complexity index is 1450. The average Bonchev–Trinajstić information content (AvgIpc) is 3.12. The molecule has 0 N–H and O–H groups in total. The number of ether oxygens (including phenoxy) is 4. The lowest BCUT2D eigenvalue weighted by Gasteiger charge is -2.29. The zero-order valence-electron chi connectivity index (χ0n) is 29.2. The Hall–Kier alpha value is -4.23. The Morgan fingerprint density at radius 3 is 2.08 bits per heavy atom. The van der Waals surface area contributed by atoms with Crippen LogP contribution in [-0.2, 0) is 23.8 Å². The van der Waals surface area contributed by atoms with Crippen LogP contribution in [0.15, 0.2) is 91.5 Å². The van der Waals surface area contributed by atoms with Crippen LogP contribution >= 0.6 is 0 Å². The van der Waals surface area contributed by atoms with E-state index in [1.807, 2.05) is 68.4 Å². The average molecular weight is 669 g/mol. The molecule has 3 aromatic rings. The van der Waals surface area contributed by atoms with Gasteiger partial charge in [-0.3, -0.25) is 4.79 Å². The topological polar surface area (TPSA) is 88.1 Å². The summed E-state index contributed by atoms with van der Waals surface area (Å²) in [5.74, 6) is 0.0629. The highest BCUT2D eigenvalue weighted by atomic mass is 16.6. The lowest BCUT2D eigenvalue weighted by molar-refractivity contribution is -0.151. The standard InChI is InChI=1S/C42H52O7/c1-4-39(43)49-42(2,3)29-11-10-16-40(44)47-31-13-6-5-12-30-46-37-25-21-35(22-26-37)33-17-19-36(20-18-33)41(45)48-38-27-23-34(24-28-38)32-14-8-7-9-15-32/h4,7-9,14-15,17-20,23-24,27-28,35,37H,1,5-6,10-13,16,21-22,25-26,29-31H2,2-3H3. The Kier molecular flexibility index (Phi) is 15.1. The van der Waals surface area contributed by atoms with Crippen molar-refractivity contribution in [2.45, 2.75) is 109 Å². The summed E-state index contributed by atoms with van der Waals surface area (Å²) in [5, 5.41) is 0. The van der Waals surface area contributed by atoms with E-state index in [2.05, 4.69) is 30.8 Å². The quantitative estimate of drug-likeness (QED) is 0.0544. The highest BCUT2D eigenvalue weighted by Gasteiger charge is 2.23. The van der Waals surface area contributed by atoms with Gasteiger partial charge in [-0.15, -0.1) is 0 Å². The number of unbranched alkanes of at least 4 members (excludes halogenated alkanes) is 4. The molecule has 0 aromatic heterocycles. The Morgan fingerprint density at radius 2 is 1.41 bits per heavy atom. The van der Waals surface area contributed by atoms with Gasteiger partial charge in [0.05, 0.1) is 18.3 Å². The molecule has 0 spiro atoms. The molecule has 1 aliphatic carbocycles. The molecule has 1 fully saturated rings. The molecule has 4 rings (SSSR count). The lowest BCUT2D eigenvalue weighted by Crippen LogP contribution is -2.27. The van der Waals surface area contributed by atoms with Crippen molar-refractivity contribution in [3.05, 3.63) is 103 Å². The summed E-state index contributed by atoms with van der Waals surface area (Å²) in [6.45, 7) is 8.36. The van der Waals surface area contributed by atoms with Gasteiger partial charge in [0.2, 0.25) is 0 Å². The summed E-state index contributed by atoms with van der Waals surface area (Å²) in [6.07, 6.45) is 12.2. The molecule has 0 saturated heterocycles. The molecule has 1 aliphatic rings. The van der Waals surface area contributed by atoms with E-state index in [0.717, 1.165) is 81.6 Å². The second-order valence-corrected chi connectivity index (χ2v) is 13.5. The summed E-state index contributed by atoms with van der Waals surface area (Å²) in [7, 11) is 0. The van der Waals surface area contributed by atoms with Crippen molar-refractivity contribution in [2.24, 2.45) is 0 Å². The van der Waals surface area contributed by atoms with Crippen LogP contribution < -0.4 is 4.74 Å². The van der Waals surface area contributed by atoms with Crippen molar-refractivity contribution in [2.75, 3.05) is 13.2 Å². The molecule has 1 saturated carbocycles. The fourth-order valence-electron chi connectivity index (χ4n) is 6.22. The molecule has 262 valence electrons. The van der Waals surface area contributed by atoms with Gasteiger partial charge >= 0.3 is 17.9 Å². The molecular formula is C42H52O7. The number of carbonyl (C=O) groups is 3. The second kappa shape index (κ2) is 19.7. The van der Waals surface area contributed by atoms with Crippen LogP contribution in [0.5, 0.6) is 5.75 Å². The fraction of sp³-hybridized carbons (Fsp3) is 0.452. The van der Waals surface area contributed by atoms with Crippen LogP contribution in [0.1, 0.15) is 113 Å². The first-order valence-electron chi connectivity index (χ1n) is 17.8. The minimum absolute atomic E-state index is 0.167. The molecule has 7 nitrogen and oxygen atoms in total. The lowest BCUT2D eigenvalue weighted by atomic mass is 9.82. The molecule has 0 aliphatic heterocycles. The van der Waals surface area contributed by atoms with E-state index >= 15 is 0 Å². The highest BCUT2D eigenvalue weighted by Crippen LogP contribution is 2.34. The highest BCUT2D eigenvalue weighted by molar-refractivity contribution is 5.91. The largest absolute Gasteiger partial charge is 0.466 e. The van der Waals surface area contributed by atoms with E-state index < -0.39 is 11.6 Å². The van der Waals surface area contributed by atoms with E-state index in [-0.39, 0.29) is 11.9 Å². The molecule has 0 atom stereocenters. The molecule has 0 heterocycles. The number of hydrogen-bond donors (Lipinski definition) is 0. The number of hydrogen-bond acceptors (Lipinski definition) is 7. The van der Waals surface area contributed by atoms with Gasteiger partial charge in [0.25, 0.3) is 0 Å². The van der Waals surface area contributed by atoms with Crippen molar-refractivity contribution in [1.82, 2.24) is 0 Å². The molecular weight excluding hydrogens is 616 g/mol. The molecule has 0 radical (unpaired) electrons. The second-order valence-electron chi connectivity index (χ2n) is 13.5. The maximum Gasteiger partial charge on any atom is 0.343 e. The molecule has 0 amide bonds. The molecule has 7 heteroatoms. The first-order valence-corrected chi connectivity index (χ1v) is 17.8. The van der Waals surface area contributed by atoms with Gasteiger partial charge in [0.15, 0.2) is 0 Å². The van der Waals surface area contributed by atoms with Gasteiger partial charge in [-0.1, -0.05) is 67.6 Å². The molecule has 3 aromatic carbocycles. The number of esters is 3. The first-order chi connectivity index (χ1) is 23.7. The van der Waals surface area contributed by atoms with Crippen molar-refractivity contribution in [3.63, 3.8) is 0 Å². The molecule has 0 unspecified atom stereocenters. The number of benzene rings is 3. The molecule has 49 heavy (non-hydrogen) atoms. The van der Waals surface area contributed by atoms with E-state index in [4.69, 9.17) is 18.9 Å². The number of carbonyl (C=O) groups excluding carboxylic acids is 3. The van der Waals surface area contributed by atoms with Crippen LogP contribution in [-0.4, -0.2) is 42.8 Å². The predicted molar refractivity (Wildman–Crippen MR) is 192 cm³/mol. The summed E-state index contributed by atoms with van der Waals surface area (Å²) in [6, 6.07) is 25.6. The Morgan fingerprint density at radius 1 is 0.755 bits per heavy atom. The summed E-state index contributed by atoms with van der Waals surface area (Å²) < 4.78 is 22.5. The van der Waals surface area contributed by atoms with E-state index in [0.29, 0.717) is 49.2 Å². The Labute approximate surface area is 292 Å². The molecule has 0 bridgehead atoms. The maximum absolute atomic E-state index is 12.8. The monoisotopic (exact) mass is 668 g/mol. The normalized spacial score (nSPS) is 16.0. The van der Waals surface area contributed by atoms with E-state index in [9.17, 15) is 14.4 Å². The van der Waals surface area contributed by atoms with Gasteiger partial charge in [-0.25, -0.2) is 9.59 Å². The van der Waals surface area contributed by atoms with E-state index in [1.54, 1.807) is 0 Å². The van der Waals surface area contributed by atoms with Crippen LogP contribution in [0.2, 0.25) is 0 Å². The summed E-state index contributed by atoms with van der Waals surface area (Å²) >= 11 is 0. The number of rotatable bonds is 19. The SMILES string of the molecule is C=CC(=O)OC(C)(C)CCCCC(=O)OCCCCCCOC1CCC(c2ccc(C(=O)Oc3ccc(-c4ccccc4)cc3)cc2)CC1. The van der Waals surface area contributed by atoms with Crippen molar-refractivity contribution in [3.8, 4) is 16.9 Å². The van der Waals surface area contributed by atoms with Crippen LogP contribution in [0.3, 0.4) is 0 Å². The smallest absolute Gasteiger partial charge is 0.343 e. The third-order valence-electron chi connectivity index (χ3n) is 9.07. The summed E-state index contributed by atoms with van der Waals surface area (Å²) in [5.41, 5.74) is 3.45. The zero-order valence-corrected chi connectivity index (χ0v) is 29.2. The van der Waals surface area contributed by atoms with Gasteiger partial charge in [-0.05, 0) is 125 Å². The third kappa shape index (κ3) is 13.3. The van der Waals surface area contributed by atoms with Crippen LogP contribution in [0.4, 0.5) is 0 Å². The first kappa shape index (κ1) is 37.6. The zero-order chi connectivity index (χ0) is 34.9. The Balaban J connectivity index is 1.02. The van der Waals surface area contributed by atoms with Crippen LogP contribution in [0, 0.1) is 0 Å². The van der Waals surface area contributed by atoms with Crippen molar-refractivity contribution >= 4 is 17.9 Å². The van der Waals surface area contributed by atoms with Crippen molar-refractivity contribution in [1.29, 1.82) is 0 Å². The minimum atomic E-state index is -0.565. The maximum atomic E-state index is 12.8. The van der Waals surface area contributed by atoms with Crippen molar-refractivity contribution < 1.29 is 33.3 Å². The van der Waals surface area contributed by atoms with Gasteiger partial charge in [-0.2, -0.15) is 0 Å². The van der Waals surface area contributed by atoms with Gasteiger partial charge < -0.3 is 18.9 Å². The van der Waals surface area contributed by atoms with E-state index in [1.165, 1.54) is 5.56 Å². The third-order valence-corrected chi connectivity index (χ3v) is 9.07. The van der Waals surface area contributed by atoms with Gasteiger partial charge in [0.1, 0.15) is 11.4 Å². The van der Waals surface area contributed by atoms with Gasteiger partial charge in [0, 0.05) is 19.1 Å². The summed E-state index contributed by atoms with van der Waals surface area (Å²) in [4.78, 5) is 36.1. The predicted octanol–water partition coefficient (Wildman–Crippen LogP) is 9.79. The van der Waals surface area contributed by atoms with Crippen LogP contribution in [0.25, 0.3) is 11.1 Å². The fourth-order valence-corrected chi connectivity index (χ4v) is 6.22. The minimum Gasteiger partial charge on any atom is -0.466 e.